The van der Waals surface area contributed by atoms with E-state index >= 15 is 0 Å². The van der Waals surface area contributed by atoms with Crippen LogP contribution in [0.4, 0.5) is 0 Å². The molecular formula is C23H45NO3. The number of carbonyl (C=O) groups is 1. The first-order valence-corrected chi connectivity index (χ1v) is 11.3. The largest absolute Gasteiger partial charge is 0.394 e. The zero-order valence-corrected chi connectivity index (χ0v) is 18.0. The molecule has 0 aliphatic heterocycles. The van der Waals surface area contributed by atoms with E-state index in [4.69, 9.17) is 0 Å². The van der Waals surface area contributed by atoms with E-state index in [1.54, 1.807) is 0 Å². The first-order chi connectivity index (χ1) is 13.1. The zero-order chi connectivity index (χ0) is 20.2. The van der Waals surface area contributed by atoms with Crippen molar-refractivity contribution in [3.05, 3.63) is 12.2 Å². The van der Waals surface area contributed by atoms with Crippen LogP contribution in [0.15, 0.2) is 12.2 Å². The smallest absolute Gasteiger partial charge is 0.220 e. The summed E-state index contributed by atoms with van der Waals surface area (Å²) in [6, 6.07) is 0. The molecule has 0 bridgehead atoms. The maximum absolute atomic E-state index is 11.9. The van der Waals surface area contributed by atoms with Gasteiger partial charge in [-0.1, -0.05) is 77.4 Å². The molecule has 3 N–H and O–H groups in total. The van der Waals surface area contributed by atoms with Crippen LogP contribution in [-0.2, 0) is 4.79 Å². The molecule has 0 atom stereocenters. The SMILES string of the molecule is CCCCCCCC/C=C/CCCCCCCC(=O)NC(CC)(CO)CO. The zero-order valence-electron chi connectivity index (χ0n) is 18.0. The molecule has 0 spiro atoms. The Balaban J connectivity index is 3.46. The van der Waals surface area contributed by atoms with Crippen molar-refractivity contribution in [2.24, 2.45) is 0 Å². The van der Waals surface area contributed by atoms with E-state index in [0.717, 1.165) is 19.3 Å². The van der Waals surface area contributed by atoms with Crippen LogP contribution in [0.5, 0.6) is 0 Å². The van der Waals surface area contributed by atoms with Crippen molar-refractivity contribution in [1.29, 1.82) is 0 Å². The summed E-state index contributed by atoms with van der Waals surface area (Å²) in [6.07, 6.45) is 21.8. The van der Waals surface area contributed by atoms with Crippen molar-refractivity contribution < 1.29 is 15.0 Å². The minimum atomic E-state index is -0.862. The fourth-order valence-corrected chi connectivity index (χ4v) is 3.16. The lowest BCUT2D eigenvalue weighted by Gasteiger charge is -2.29. The Morgan fingerprint density at radius 2 is 1.26 bits per heavy atom. The van der Waals surface area contributed by atoms with Crippen LogP contribution in [0.2, 0.25) is 0 Å². The predicted octanol–water partition coefficient (Wildman–Crippen LogP) is 5.27. The van der Waals surface area contributed by atoms with Crippen LogP contribution in [0.3, 0.4) is 0 Å². The highest BCUT2D eigenvalue weighted by Crippen LogP contribution is 2.12. The van der Waals surface area contributed by atoms with Crippen LogP contribution in [0, 0.1) is 0 Å². The molecule has 0 rings (SSSR count). The van der Waals surface area contributed by atoms with Crippen LogP contribution in [0.25, 0.3) is 0 Å². The molecule has 0 aliphatic carbocycles. The average Bonchev–Trinajstić information content (AvgIpc) is 2.69. The molecule has 0 saturated carbocycles. The Morgan fingerprint density at radius 3 is 1.74 bits per heavy atom. The van der Waals surface area contributed by atoms with Gasteiger partial charge in [0.05, 0.1) is 18.8 Å². The number of aliphatic hydroxyl groups is 2. The van der Waals surface area contributed by atoms with Gasteiger partial charge in [-0.05, 0) is 38.5 Å². The molecular weight excluding hydrogens is 338 g/mol. The van der Waals surface area contributed by atoms with Crippen molar-refractivity contribution in [3.63, 3.8) is 0 Å². The minimum Gasteiger partial charge on any atom is -0.394 e. The molecule has 1 amide bonds. The third-order valence-electron chi connectivity index (χ3n) is 5.35. The number of aliphatic hydroxyl groups excluding tert-OH is 2. The van der Waals surface area contributed by atoms with Crippen molar-refractivity contribution >= 4 is 5.91 Å². The topological polar surface area (TPSA) is 69.6 Å². The first-order valence-electron chi connectivity index (χ1n) is 11.3. The van der Waals surface area contributed by atoms with Crippen LogP contribution in [0.1, 0.15) is 110 Å². The quantitative estimate of drug-likeness (QED) is 0.210. The molecule has 0 unspecified atom stereocenters. The van der Waals surface area contributed by atoms with Gasteiger partial charge in [-0.25, -0.2) is 0 Å². The molecule has 4 heteroatoms. The molecule has 27 heavy (non-hydrogen) atoms. The number of hydrogen-bond acceptors (Lipinski definition) is 3. The van der Waals surface area contributed by atoms with Crippen LogP contribution < -0.4 is 5.32 Å². The third-order valence-corrected chi connectivity index (χ3v) is 5.35. The molecule has 0 radical (unpaired) electrons. The van der Waals surface area contributed by atoms with Gasteiger partial charge in [0.25, 0.3) is 0 Å². The Hall–Kier alpha value is -0.870. The number of unbranched alkanes of at least 4 members (excludes halogenated alkanes) is 11. The van der Waals surface area contributed by atoms with E-state index in [9.17, 15) is 15.0 Å². The minimum absolute atomic E-state index is 0.0717. The highest BCUT2D eigenvalue weighted by atomic mass is 16.3. The van der Waals surface area contributed by atoms with Gasteiger partial charge in [0.15, 0.2) is 0 Å². The van der Waals surface area contributed by atoms with E-state index in [2.05, 4.69) is 24.4 Å². The normalized spacial score (nSPS) is 12.0. The highest BCUT2D eigenvalue weighted by molar-refractivity contribution is 5.76. The Bertz CT molecular complexity index is 356. The second-order valence-electron chi connectivity index (χ2n) is 7.83. The number of rotatable bonds is 19. The standard InChI is InChI=1S/C23H45NO3/c1-3-5-6-7-8-9-10-11-12-13-14-15-16-17-18-19-22(27)24-23(4-2,20-25)21-26/h11-12,25-26H,3-10,13-21H2,1-2H3,(H,24,27)/b12-11+. The molecule has 0 saturated heterocycles. The summed E-state index contributed by atoms with van der Waals surface area (Å²) in [7, 11) is 0. The summed E-state index contributed by atoms with van der Waals surface area (Å²) in [5, 5.41) is 21.5. The second kappa shape index (κ2) is 18.5. The number of nitrogens with one attached hydrogen (secondary N) is 1. The second-order valence-corrected chi connectivity index (χ2v) is 7.83. The van der Waals surface area contributed by atoms with Gasteiger partial charge in [0.2, 0.25) is 5.91 Å². The lowest BCUT2D eigenvalue weighted by Crippen LogP contribution is -2.53. The fraction of sp³-hybridized carbons (Fsp3) is 0.870. The fourth-order valence-electron chi connectivity index (χ4n) is 3.16. The summed E-state index contributed by atoms with van der Waals surface area (Å²) in [5.41, 5.74) is -0.862. The molecule has 0 fully saturated rings. The number of carbonyl (C=O) groups excluding carboxylic acids is 1. The Labute approximate surface area is 167 Å². The Morgan fingerprint density at radius 1 is 0.778 bits per heavy atom. The van der Waals surface area contributed by atoms with E-state index in [1.807, 2.05) is 6.92 Å². The molecule has 160 valence electrons. The molecule has 0 aliphatic rings. The average molecular weight is 384 g/mol. The predicted molar refractivity (Wildman–Crippen MR) is 115 cm³/mol. The van der Waals surface area contributed by atoms with E-state index in [0.29, 0.717) is 12.8 Å². The monoisotopic (exact) mass is 383 g/mol. The van der Waals surface area contributed by atoms with Gasteiger partial charge in [0.1, 0.15) is 0 Å². The highest BCUT2D eigenvalue weighted by Gasteiger charge is 2.27. The van der Waals surface area contributed by atoms with Gasteiger partial charge in [0, 0.05) is 6.42 Å². The van der Waals surface area contributed by atoms with E-state index < -0.39 is 5.54 Å². The van der Waals surface area contributed by atoms with Crippen molar-refractivity contribution in [1.82, 2.24) is 5.32 Å². The van der Waals surface area contributed by atoms with Crippen LogP contribution in [-0.4, -0.2) is 34.9 Å². The number of hydrogen-bond donors (Lipinski definition) is 3. The van der Waals surface area contributed by atoms with Gasteiger partial charge < -0.3 is 15.5 Å². The molecule has 0 aromatic heterocycles. The summed E-state index contributed by atoms with van der Waals surface area (Å²) in [6.45, 7) is 3.67. The number of amides is 1. The summed E-state index contributed by atoms with van der Waals surface area (Å²) in [5.74, 6) is -0.0717. The van der Waals surface area contributed by atoms with E-state index in [1.165, 1.54) is 64.2 Å². The molecule has 0 aromatic rings. The van der Waals surface area contributed by atoms with Crippen LogP contribution >= 0.6 is 0 Å². The van der Waals surface area contributed by atoms with Gasteiger partial charge in [-0.2, -0.15) is 0 Å². The van der Waals surface area contributed by atoms with Gasteiger partial charge in [-0.15, -0.1) is 0 Å². The van der Waals surface area contributed by atoms with Crippen molar-refractivity contribution in [3.8, 4) is 0 Å². The molecule has 4 nitrogen and oxygen atoms in total. The lowest BCUT2D eigenvalue weighted by molar-refractivity contribution is -0.124. The van der Waals surface area contributed by atoms with Crippen molar-refractivity contribution in [2.75, 3.05) is 13.2 Å². The van der Waals surface area contributed by atoms with Gasteiger partial charge in [-0.3, -0.25) is 4.79 Å². The summed E-state index contributed by atoms with van der Waals surface area (Å²) < 4.78 is 0. The summed E-state index contributed by atoms with van der Waals surface area (Å²) >= 11 is 0. The third kappa shape index (κ3) is 14.8. The molecule has 0 heterocycles. The maximum atomic E-state index is 11.9. The van der Waals surface area contributed by atoms with Gasteiger partial charge >= 0.3 is 0 Å². The Kier molecular flexibility index (Phi) is 17.9. The van der Waals surface area contributed by atoms with E-state index in [-0.39, 0.29) is 19.1 Å². The van der Waals surface area contributed by atoms with Crippen molar-refractivity contribution in [2.45, 2.75) is 116 Å². The molecule has 0 aromatic carbocycles. The lowest BCUT2D eigenvalue weighted by atomic mass is 9.98. The summed E-state index contributed by atoms with van der Waals surface area (Å²) in [4.78, 5) is 11.9. The number of allylic oxidation sites excluding steroid dienone is 2. The maximum Gasteiger partial charge on any atom is 0.220 e. The first kappa shape index (κ1) is 26.1.